The lowest BCUT2D eigenvalue weighted by atomic mass is 10.0. The minimum Gasteiger partial charge on any atom is -0.497 e. The molecule has 5 nitrogen and oxygen atoms in total. The molecule has 0 heterocycles. The van der Waals surface area contributed by atoms with Gasteiger partial charge in [0, 0.05) is 6.42 Å². The van der Waals surface area contributed by atoms with Gasteiger partial charge in [0.2, 0.25) is 5.78 Å². The van der Waals surface area contributed by atoms with Crippen molar-refractivity contribution in [2.24, 2.45) is 0 Å². The van der Waals surface area contributed by atoms with E-state index in [0.29, 0.717) is 16.6 Å². The molecule has 0 amide bonds. The number of hydrogen-bond acceptors (Lipinski definition) is 3. The second kappa shape index (κ2) is 8.77. The van der Waals surface area contributed by atoms with Crippen molar-refractivity contribution in [3.05, 3.63) is 35.4 Å². The van der Waals surface area contributed by atoms with Crippen LogP contribution in [-0.2, 0) is 4.79 Å². The Morgan fingerprint density at radius 3 is 2.13 bits per heavy atom. The number of benzene rings is 1. The smallest absolute Gasteiger partial charge is 0.300 e. The van der Waals surface area contributed by atoms with E-state index in [1.807, 2.05) is 20.8 Å². The van der Waals surface area contributed by atoms with E-state index < -0.39 is 14.2 Å². The highest BCUT2D eigenvalue weighted by Gasteiger charge is 2.45. The van der Waals surface area contributed by atoms with Gasteiger partial charge in [-0.15, -0.1) is 0 Å². The third kappa shape index (κ3) is 4.38. The summed E-state index contributed by atoms with van der Waals surface area (Å²) in [5.74, 6) is 0.437. The predicted molar refractivity (Wildman–Crippen MR) is 93.4 cm³/mol. The number of hydrogen-bond donors (Lipinski definition) is 1. The summed E-state index contributed by atoms with van der Waals surface area (Å²) in [7, 11) is -0.500. The predicted octanol–water partition coefficient (Wildman–Crippen LogP) is 3.41. The fourth-order valence-electron chi connectivity index (χ4n) is 2.93. The van der Waals surface area contributed by atoms with Crippen LogP contribution >= 0.6 is 0 Å². The molecule has 0 aliphatic carbocycles. The molecule has 0 aliphatic rings. The fourth-order valence-corrected chi connectivity index (χ4v) is 6.34. The molecular formula is C17H26N2O3Si. The van der Waals surface area contributed by atoms with Crippen LogP contribution in [0.4, 0.5) is 0 Å². The molecule has 0 saturated heterocycles. The third-order valence-electron chi connectivity index (χ3n) is 4.78. The van der Waals surface area contributed by atoms with Crippen molar-refractivity contribution in [3.63, 3.8) is 0 Å². The molecule has 1 aromatic rings. The Kier molecular flexibility index (Phi) is 7.36. The van der Waals surface area contributed by atoms with Crippen molar-refractivity contribution in [1.29, 1.82) is 0 Å². The normalized spacial score (nSPS) is 12.4. The van der Waals surface area contributed by atoms with Gasteiger partial charge in [-0.05, 0) is 35.8 Å². The molecule has 0 fully saturated rings. The van der Waals surface area contributed by atoms with E-state index in [0.717, 1.165) is 18.1 Å². The molecule has 23 heavy (non-hydrogen) atoms. The second-order valence-corrected chi connectivity index (χ2v) is 10.9. The Labute approximate surface area is 138 Å². The molecule has 0 spiro atoms. The van der Waals surface area contributed by atoms with Crippen molar-refractivity contribution in [3.8, 4) is 5.75 Å². The molecule has 6 heteroatoms. The summed E-state index contributed by atoms with van der Waals surface area (Å²) in [4.78, 5) is 15.9. The van der Waals surface area contributed by atoms with Crippen molar-refractivity contribution < 1.29 is 19.4 Å². The van der Waals surface area contributed by atoms with Crippen molar-refractivity contribution in [1.82, 2.24) is 0 Å². The van der Waals surface area contributed by atoms with Crippen molar-refractivity contribution >= 4 is 19.2 Å². The highest BCUT2D eigenvalue weighted by Crippen LogP contribution is 2.25. The zero-order chi connectivity index (χ0) is 17.5. The quantitative estimate of drug-likeness (QED) is 0.325. The van der Waals surface area contributed by atoms with Crippen LogP contribution in [0, 0.1) is 0 Å². The number of methoxy groups -OCH3 is 1. The molecule has 1 rings (SSSR count). The van der Waals surface area contributed by atoms with E-state index >= 15 is 0 Å². The maximum atomic E-state index is 12.6. The number of Topliss-reactive ketones (excluding diaryl/α,β-unsaturated/α-hetero) is 1. The lowest BCUT2D eigenvalue weighted by molar-refractivity contribution is -0.118. The average molecular weight is 334 g/mol. The SMILES string of the molecule is CC[Si](CC)(CC)C(=[N+]=[N-])C(=O)CC(O)c1ccc(OC)cc1. The van der Waals surface area contributed by atoms with E-state index in [1.54, 1.807) is 31.4 Å². The van der Waals surface area contributed by atoms with E-state index in [1.165, 1.54) is 0 Å². The number of carbonyl (C=O) groups is 1. The van der Waals surface area contributed by atoms with E-state index in [4.69, 9.17) is 4.74 Å². The molecule has 0 bridgehead atoms. The maximum absolute atomic E-state index is 12.6. The first-order valence-corrected chi connectivity index (χ1v) is 10.7. The van der Waals surface area contributed by atoms with Gasteiger partial charge < -0.3 is 15.4 Å². The number of ether oxygens (including phenoxy) is 1. The average Bonchev–Trinajstić information content (AvgIpc) is 2.59. The van der Waals surface area contributed by atoms with Gasteiger partial charge in [0.1, 0.15) is 5.75 Å². The zero-order valence-corrected chi connectivity index (χ0v) is 15.4. The topological polar surface area (TPSA) is 82.9 Å². The molecule has 0 aliphatic heterocycles. The summed E-state index contributed by atoms with van der Waals surface area (Å²) >= 11 is 0. The molecule has 1 N–H and O–H groups in total. The van der Waals surface area contributed by atoms with Gasteiger partial charge in [-0.2, -0.15) is 4.79 Å². The van der Waals surface area contributed by atoms with E-state index in [9.17, 15) is 15.4 Å². The standard InChI is InChI=1S/C17H26N2O3Si/c1-5-23(6-2,7-3)17(19-18)16(21)12-15(20)13-8-10-14(22-4)11-9-13/h8-11,15,20H,5-7,12H2,1-4H3. The van der Waals surface area contributed by atoms with Gasteiger partial charge in [0.05, 0.1) is 13.2 Å². The Morgan fingerprint density at radius 1 is 1.22 bits per heavy atom. The van der Waals surface area contributed by atoms with Crippen LogP contribution in [0.3, 0.4) is 0 Å². The monoisotopic (exact) mass is 334 g/mol. The number of rotatable bonds is 9. The Hall–Kier alpha value is -1.75. The van der Waals surface area contributed by atoms with Crippen molar-refractivity contribution in [2.45, 2.75) is 51.4 Å². The third-order valence-corrected chi connectivity index (χ3v) is 10.2. The van der Waals surface area contributed by atoms with Crippen LogP contribution < -0.4 is 4.74 Å². The van der Waals surface area contributed by atoms with Crippen LogP contribution in [0.5, 0.6) is 5.75 Å². The molecule has 1 atom stereocenters. The number of ketones is 1. The Balaban J connectivity index is 2.93. The van der Waals surface area contributed by atoms with Crippen LogP contribution in [0.2, 0.25) is 18.1 Å². The van der Waals surface area contributed by atoms with Crippen LogP contribution in [0.1, 0.15) is 38.9 Å². The number of carbonyl (C=O) groups excluding carboxylic acids is 1. The van der Waals surface area contributed by atoms with E-state index in [-0.39, 0.29) is 12.2 Å². The van der Waals surface area contributed by atoms with Crippen LogP contribution in [0.15, 0.2) is 24.3 Å². The summed E-state index contributed by atoms with van der Waals surface area (Å²) in [6.45, 7) is 6.12. The first-order chi connectivity index (χ1) is 11.0. The lowest BCUT2D eigenvalue weighted by Gasteiger charge is -2.22. The van der Waals surface area contributed by atoms with Crippen LogP contribution in [-0.4, -0.2) is 36.2 Å². The highest BCUT2D eigenvalue weighted by atomic mass is 28.3. The summed E-state index contributed by atoms with van der Waals surface area (Å²) in [6, 6.07) is 9.51. The van der Waals surface area contributed by atoms with Gasteiger partial charge >= 0.3 is 5.33 Å². The number of nitrogens with zero attached hydrogens (tertiary/aromatic N) is 2. The first-order valence-electron chi connectivity index (χ1n) is 8.05. The minimum atomic E-state index is -2.07. The molecule has 126 valence electrons. The molecule has 0 radical (unpaired) electrons. The molecule has 1 aromatic carbocycles. The summed E-state index contributed by atoms with van der Waals surface area (Å²) in [5.41, 5.74) is 10.0. The minimum absolute atomic E-state index is 0.0690. The molecule has 0 aromatic heterocycles. The Bertz CT molecular complexity index is 568. The molecule has 1 unspecified atom stereocenters. The zero-order valence-electron chi connectivity index (χ0n) is 14.4. The van der Waals surface area contributed by atoms with Gasteiger partial charge in [0.15, 0.2) is 8.07 Å². The summed E-state index contributed by atoms with van der Waals surface area (Å²) < 4.78 is 5.08. The van der Waals surface area contributed by atoms with Gasteiger partial charge in [-0.25, -0.2) is 0 Å². The highest BCUT2D eigenvalue weighted by molar-refractivity contribution is 7.13. The van der Waals surface area contributed by atoms with Crippen molar-refractivity contribution in [2.75, 3.05) is 7.11 Å². The largest absolute Gasteiger partial charge is 0.497 e. The fraction of sp³-hybridized carbons (Fsp3) is 0.529. The molecular weight excluding hydrogens is 308 g/mol. The number of aliphatic hydroxyl groups is 1. The van der Waals surface area contributed by atoms with Crippen LogP contribution in [0.25, 0.3) is 5.53 Å². The lowest BCUT2D eigenvalue weighted by Crippen LogP contribution is -2.47. The first kappa shape index (κ1) is 19.3. The molecule has 0 saturated carbocycles. The summed E-state index contributed by atoms with van der Waals surface area (Å²) in [6.07, 6.45) is -0.983. The second-order valence-electron chi connectivity index (χ2n) is 5.71. The Morgan fingerprint density at radius 2 is 1.74 bits per heavy atom. The van der Waals surface area contributed by atoms with E-state index in [2.05, 4.69) is 4.79 Å². The van der Waals surface area contributed by atoms with Gasteiger partial charge in [-0.1, -0.05) is 32.9 Å². The number of aliphatic hydroxyl groups excluding tert-OH is 1. The van der Waals surface area contributed by atoms with Gasteiger partial charge in [-0.3, -0.25) is 4.79 Å². The van der Waals surface area contributed by atoms with Gasteiger partial charge in [0.25, 0.3) is 0 Å². The maximum Gasteiger partial charge on any atom is 0.300 e. The summed E-state index contributed by atoms with van der Waals surface area (Å²) in [5, 5.41) is 10.6.